The van der Waals surface area contributed by atoms with E-state index in [0.29, 0.717) is 45.1 Å². The number of carbonyl (C=O) groups excluding carboxylic acids is 2. The number of rotatable bonds is 7. The van der Waals surface area contributed by atoms with Gasteiger partial charge in [-0.3, -0.25) is 19.4 Å². The summed E-state index contributed by atoms with van der Waals surface area (Å²) in [7, 11) is 2.15. The van der Waals surface area contributed by atoms with E-state index in [1.807, 2.05) is 39.8 Å². The number of halogens is 1. The molecule has 1 atom stereocenters. The zero-order valence-electron chi connectivity index (χ0n) is 29.4. The molecule has 0 aliphatic carbocycles. The van der Waals surface area contributed by atoms with Crippen molar-refractivity contribution in [3.63, 3.8) is 0 Å². The Hall–Kier alpha value is -5.61. The molecule has 0 radical (unpaired) electrons. The van der Waals surface area contributed by atoms with Gasteiger partial charge in [0.1, 0.15) is 11.5 Å². The van der Waals surface area contributed by atoms with E-state index in [4.69, 9.17) is 11.6 Å². The number of fused-ring (bicyclic) bond motifs is 2. The highest BCUT2D eigenvalue weighted by Crippen LogP contribution is 2.35. The summed E-state index contributed by atoms with van der Waals surface area (Å²) in [6.45, 7) is 5.20. The van der Waals surface area contributed by atoms with Crippen LogP contribution in [0.5, 0.6) is 11.5 Å². The third-order valence-corrected chi connectivity index (χ3v) is 10.7. The second kappa shape index (κ2) is 14.4. The molecule has 268 valence electrons. The molecule has 3 heterocycles. The summed E-state index contributed by atoms with van der Waals surface area (Å²) >= 11 is 6.69. The Balaban J connectivity index is 1.21. The minimum Gasteiger partial charge on any atom is -0.508 e. The zero-order chi connectivity index (χ0) is 36.6. The maximum absolute atomic E-state index is 15.0. The number of carbonyl (C=O) groups is 2. The van der Waals surface area contributed by atoms with Crippen molar-refractivity contribution in [2.24, 2.45) is 0 Å². The van der Waals surface area contributed by atoms with E-state index in [-0.39, 0.29) is 29.4 Å². The van der Waals surface area contributed by atoms with Crippen molar-refractivity contribution in [2.75, 3.05) is 44.7 Å². The van der Waals surface area contributed by atoms with Crippen LogP contribution in [-0.4, -0.2) is 87.1 Å². The van der Waals surface area contributed by atoms with Crippen molar-refractivity contribution in [3.8, 4) is 17.2 Å². The van der Waals surface area contributed by atoms with E-state index in [9.17, 15) is 19.8 Å². The van der Waals surface area contributed by atoms with Gasteiger partial charge in [0.15, 0.2) is 0 Å². The molecule has 2 N–H and O–H groups in total. The lowest BCUT2D eigenvalue weighted by molar-refractivity contribution is 0.0536. The number of para-hydroxylation sites is 1. The lowest BCUT2D eigenvalue weighted by Crippen LogP contribution is -2.53. The second-order valence-electron chi connectivity index (χ2n) is 13.9. The van der Waals surface area contributed by atoms with Crippen LogP contribution in [0.2, 0.25) is 5.02 Å². The van der Waals surface area contributed by atoms with Crippen LogP contribution in [0.3, 0.4) is 0 Å². The summed E-state index contributed by atoms with van der Waals surface area (Å²) in [6.07, 6.45) is 2.54. The first kappa shape index (κ1) is 34.5. The minimum absolute atomic E-state index is 0.0212. The number of phenolic OH excluding ortho intramolecular Hbond substituents is 2. The lowest BCUT2D eigenvalue weighted by Gasteiger charge is -2.41. The molecule has 53 heavy (non-hydrogen) atoms. The number of amides is 2. The van der Waals surface area contributed by atoms with Crippen LogP contribution in [0.25, 0.3) is 16.6 Å². The molecule has 0 unspecified atom stereocenters. The van der Waals surface area contributed by atoms with Crippen molar-refractivity contribution in [1.29, 1.82) is 0 Å². The van der Waals surface area contributed by atoms with Crippen LogP contribution in [0.15, 0.2) is 121 Å². The maximum atomic E-state index is 15.0. The molecule has 0 saturated carbocycles. The molecule has 10 heteroatoms. The predicted molar refractivity (Wildman–Crippen MR) is 209 cm³/mol. The van der Waals surface area contributed by atoms with Crippen LogP contribution in [0, 0.1) is 0 Å². The number of hydrogen-bond acceptors (Lipinski definition) is 6. The highest BCUT2D eigenvalue weighted by atomic mass is 35.5. The summed E-state index contributed by atoms with van der Waals surface area (Å²) in [5.41, 5.74) is 5.70. The Bertz CT molecular complexity index is 2250. The normalized spacial score (nSPS) is 16.4. The molecule has 6 aromatic rings. The van der Waals surface area contributed by atoms with E-state index in [0.717, 1.165) is 50.2 Å². The summed E-state index contributed by atoms with van der Waals surface area (Å²) in [4.78, 5) is 38.1. The molecular formula is C43H40ClN5O4. The van der Waals surface area contributed by atoms with E-state index in [1.54, 1.807) is 53.6 Å². The zero-order valence-corrected chi connectivity index (χ0v) is 30.2. The first-order chi connectivity index (χ1) is 25.7. The van der Waals surface area contributed by atoms with Crippen molar-refractivity contribution < 1.29 is 19.8 Å². The first-order valence-electron chi connectivity index (χ1n) is 17.8. The van der Waals surface area contributed by atoms with Crippen molar-refractivity contribution in [3.05, 3.63) is 149 Å². The van der Waals surface area contributed by atoms with Crippen molar-refractivity contribution in [1.82, 2.24) is 19.3 Å². The summed E-state index contributed by atoms with van der Waals surface area (Å²) < 4.78 is 1.89. The van der Waals surface area contributed by atoms with Crippen LogP contribution in [0.1, 0.15) is 31.8 Å². The average Bonchev–Trinajstić information content (AvgIpc) is 3.56. The molecule has 0 spiro atoms. The average molecular weight is 726 g/mol. The van der Waals surface area contributed by atoms with E-state index >= 15 is 0 Å². The number of aromatic nitrogens is 1. The number of phenols is 2. The fraction of sp³-hybridized carbons (Fsp3) is 0.209. The summed E-state index contributed by atoms with van der Waals surface area (Å²) in [5, 5.41) is 21.2. The van der Waals surface area contributed by atoms with Crippen molar-refractivity contribution >= 4 is 45.7 Å². The molecule has 2 aliphatic heterocycles. The molecule has 8 rings (SSSR count). The SMILES string of the molecule is CN1CCN(C[C@@H]2Cc3ccccc3CN2C(=O)c2ccc(Cl)cc2-n2cc(C(=O)N(c3ccc(O)cc3)c3ccc(O)cc3)c3ccccc32)CC1. The van der Waals surface area contributed by atoms with Gasteiger partial charge in [-0.05, 0) is 97.4 Å². The van der Waals surface area contributed by atoms with Gasteiger partial charge in [-0.2, -0.15) is 0 Å². The Kier molecular flexibility index (Phi) is 9.38. The largest absolute Gasteiger partial charge is 0.508 e. The van der Waals surface area contributed by atoms with E-state index in [1.165, 1.54) is 29.8 Å². The number of hydrogen-bond donors (Lipinski definition) is 2. The monoisotopic (exact) mass is 725 g/mol. The molecule has 1 aromatic heterocycles. The Labute approximate surface area is 313 Å². The number of anilines is 2. The second-order valence-corrected chi connectivity index (χ2v) is 14.4. The standard InChI is InChI=1S/C43H40ClN5O4/c1-45-20-22-46(23-21-45)27-34-24-29-6-2-3-7-30(29)26-47(34)42(52)38-19-10-31(44)25-41(38)48-28-39(37-8-4-5-9-40(37)48)43(53)49(32-11-15-35(50)16-12-32)33-13-17-36(51)18-14-33/h2-19,25,28,34,50-51H,20-24,26-27H2,1H3/t34-/m0/s1. The molecule has 9 nitrogen and oxygen atoms in total. The van der Waals surface area contributed by atoms with Gasteiger partial charge in [-0.1, -0.05) is 54.1 Å². The fourth-order valence-electron chi connectivity index (χ4n) is 7.61. The molecule has 2 amide bonds. The van der Waals surface area contributed by atoms with Crippen LogP contribution in [-0.2, 0) is 13.0 Å². The molecule has 1 fully saturated rings. The van der Waals surface area contributed by atoms with E-state index < -0.39 is 0 Å². The highest BCUT2D eigenvalue weighted by Gasteiger charge is 2.34. The van der Waals surface area contributed by atoms with Gasteiger partial charge < -0.3 is 24.6 Å². The smallest absolute Gasteiger partial charge is 0.265 e. The number of aromatic hydroxyl groups is 2. The quantitative estimate of drug-likeness (QED) is 0.177. The number of nitrogens with zero attached hydrogens (tertiary/aromatic N) is 5. The molecule has 5 aromatic carbocycles. The summed E-state index contributed by atoms with van der Waals surface area (Å²) in [6, 6.07) is 34.1. The fourth-order valence-corrected chi connectivity index (χ4v) is 7.78. The topological polar surface area (TPSA) is 92.5 Å². The molecule has 0 bridgehead atoms. The minimum atomic E-state index is -0.328. The van der Waals surface area contributed by atoms with Gasteiger partial charge >= 0.3 is 0 Å². The van der Waals surface area contributed by atoms with Gasteiger partial charge in [0.05, 0.1) is 22.3 Å². The first-order valence-corrected chi connectivity index (χ1v) is 18.2. The molecular weight excluding hydrogens is 686 g/mol. The predicted octanol–water partition coefficient (Wildman–Crippen LogP) is 7.49. The molecule has 2 aliphatic rings. The summed E-state index contributed by atoms with van der Waals surface area (Å²) in [5.74, 6) is -0.272. The molecule has 1 saturated heterocycles. The van der Waals surface area contributed by atoms with Crippen LogP contribution in [0.4, 0.5) is 11.4 Å². The van der Waals surface area contributed by atoms with Gasteiger partial charge in [0.25, 0.3) is 11.8 Å². The van der Waals surface area contributed by atoms with Gasteiger partial charge in [-0.25, -0.2) is 0 Å². The van der Waals surface area contributed by atoms with Crippen LogP contribution < -0.4 is 4.90 Å². The number of benzene rings is 5. The van der Waals surface area contributed by atoms with Gasteiger partial charge in [-0.15, -0.1) is 0 Å². The Morgan fingerprint density at radius 1 is 0.755 bits per heavy atom. The van der Waals surface area contributed by atoms with E-state index in [2.05, 4.69) is 35.0 Å². The van der Waals surface area contributed by atoms with Gasteiger partial charge in [0, 0.05) is 73.3 Å². The van der Waals surface area contributed by atoms with Crippen molar-refractivity contribution in [2.45, 2.75) is 19.0 Å². The van der Waals surface area contributed by atoms with Gasteiger partial charge in [0.2, 0.25) is 0 Å². The maximum Gasteiger partial charge on any atom is 0.265 e. The third kappa shape index (κ3) is 6.87. The van der Waals surface area contributed by atoms with Crippen LogP contribution >= 0.6 is 11.6 Å². The highest BCUT2D eigenvalue weighted by molar-refractivity contribution is 6.31. The Morgan fingerprint density at radius 3 is 2.06 bits per heavy atom. The number of likely N-dealkylation sites (N-methyl/N-ethyl adjacent to an activating group) is 1. The lowest BCUT2D eigenvalue weighted by atomic mass is 9.92. The Morgan fingerprint density at radius 2 is 1.38 bits per heavy atom. The third-order valence-electron chi connectivity index (χ3n) is 10.5. The number of piperazine rings is 1.